The van der Waals surface area contributed by atoms with Gasteiger partial charge in [-0.1, -0.05) is 36.4 Å². The van der Waals surface area contributed by atoms with E-state index in [1.54, 1.807) is 43.5 Å². The predicted octanol–water partition coefficient (Wildman–Crippen LogP) is 1.73. The third-order valence-electron chi connectivity index (χ3n) is 4.22. The number of methoxy groups -OCH3 is 1. The zero-order valence-electron chi connectivity index (χ0n) is 13.5. The molecule has 0 radical (unpaired) electrons. The lowest BCUT2D eigenvalue weighted by Crippen LogP contribution is -2.54. The minimum atomic E-state index is -1.40. The molecule has 1 aliphatic rings. The second kappa shape index (κ2) is 6.89. The quantitative estimate of drug-likeness (QED) is 0.898. The van der Waals surface area contributed by atoms with Crippen molar-refractivity contribution in [3.63, 3.8) is 0 Å². The Labute approximate surface area is 135 Å². The molecule has 1 aromatic rings. The average Bonchev–Trinajstić information content (AvgIpc) is 2.60. The predicted molar refractivity (Wildman–Crippen MR) is 88.0 cm³/mol. The Bertz CT molecular complexity index is 638. The van der Waals surface area contributed by atoms with Crippen molar-refractivity contribution < 1.29 is 19.4 Å². The minimum Gasteiger partial charge on any atom is -0.382 e. The van der Waals surface area contributed by atoms with Crippen LogP contribution < -0.4 is 4.90 Å². The molecule has 23 heavy (non-hydrogen) atoms. The van der Waals surface area contributed by atoms with Gasteiger partial charge in [0.15, 0.2) is 11.4 Å². The van der Waals surface area contributed by atoms with Crippen molar-refractivity contribution in [2.24, 2.45) is 5.92 Å². The minimum absolute atomic E-state index is 0.264. The fourth-order valence-electron chi connectivity index (χ4n) is 2.81. The number of amides is 1. The standard InChI is InChI=1S/C18H21NO4/c1-13(20)18(23-3)12-8-7-11-15(18)16(21)17(22)19(2)14-9-5-4-6-10-14/h4-12,15-16,21H,1-3H3. The van der Waals surface area contributed by atoms with E-state index in [0.717, 1.165) is 0 Å². The van der Waals surface area contributed by atoms with E-state index < -0.39 is 23.5 Å². The Morgan fingerprint density at radius 1 is 1.26 bits per heavy atom. The van der Waals surface area contributed by atoms with E-state index in [-0.39, 0.29) is 5.78 Å². The van der Waals surface area contributed by atoms with Crippen LogP contribution in [0.2, 0.25) is 0 Å². The molecule has 0 saturated heterocycles. The van der Waals surface area contributed by atoms with Gasteiger partial charge in [-0.05, 0) is 25.1 Å². The van der Waals surface area contributed by atoms with Gasteiger partial charge >= 0.3 is 0 Å². The Hall–Kier alpha value is -2.24. The molecule has 122 valence electrons. The number of rotatable bonds is 5. The van der Waals surface area contributed by atoms with Gasteiger partial charge in [-0.15, -0.1) is 0 Å². The summed E-state index contributed by atoms with van der Waals surface area (Å²) >= 11 is 0. The lowest BCUT2D eigenvalue weighted by Gasteiger charge is -2.38. The summed E-state index contributed by atoms with van der Waals surface area (Å²) < 4.78 is 5.39. The first-order chi connectivity index (χ1) is 10.9. The first kappa shape index (κ1) is 17.1. The van der Waals surface area contributed by atoms with Crippen molar-refractivity contribution in [2.45, 2.75) is 18.6 Å². The monoisotopic (exact) mass is 315 g/mol. The largest absolute Gasteiger partial charge is 0.382 e. The highest BCUT2D eigenvalue weighted by atomic mass is 16.5. The number of benzene rings is 1. The highest BCUT2D eigenvalue weighted by Gasteiger charge is 2.47. The van der Waals surface area contributed by atoms with Crippen LogP contribution in [0.4, 0.5) is 5.69 Å². The number of ketones is 1. The first-order valence-corrected chi connectivity index (χ1v) is 7.37. The number of hydrogen-bond acceptors (Lipinski definition) is 4. The molecule has 5 nitrogen and oxygen atoms in total. The van der Waals surface area contributed by atoms with Gasteiger partial charge < -0.3 is 14.7 Å². The van der Waals surface area contributed by atoms with Crippen LogP contribution in [0.15, 0.2) is 54.6 Å². The number of ether oxygens (including phenoxy) is 1. The number of hydrogen-bond donors (Lipinski definition) is 1. The topological polar surface area (TPSA) is 66.8 Å². The SMILES string of the molecule is COC1(C(C)=O)C=CC=CC1C(O)C(=O)N(C)c1ccccc1. The Morgan fingerprint density at radius 2 is 1.91 bits per heavy atom. The average molecular weight is 315 g/mol. The first-order valence-electron chi connectivity index (χ1n) is 7.37. The number of aliphatic hydroxyl groups is 1. The molecule has 5 heteroatoms. The summed E-state index contributed by atoms with van der Waals surface area (Å²) in [6, 6.07) is 9.01. The van der Waals surface area contributed by atoms with Crippen LogP contribution in [0.3, 0.4) is 0 Å². The van der Waals surface area contributed by atoms with Gasteiger partial charge in [0.1, 0.15) is 6.10 Å². The zero-order chi connectivity index (χ0) is 17.0. The number of carbonyl (C=O) groups is 2. The number of likely N-dealkylation sites (N-methyl/N-ethyl adjacent to an activating group) is 1. The molecule has 1 aliphatic carbocycles. The molecule has 2 rings (SSSR count). The van der Waals surface area contributed by atoms with Crippen LogP contribution in [0.5, 0.6) is 0 Å². The summed E-state index contributed by atoms with van der Waals surface area (Å²) in [5, 5.41) is 10.6. The lowest BCUT2D eigenvalue weighted by atomic mass is 9.77. The number of carbonyl (C=O) groups excluding carboxylic acids is 2. The highest BCUT2D eigenvalue weighted by molar-refractivity contribution is 5.98. The Morgan fingerprint density at radius 3 is 2.48 bits per heavy atom. The van der Waals surface area contributed by atoms with Gasteiger partial charge in [0.05, 0.1) is 5.92 Å². The molecule has 3 unspecified atom stereocenters. The summed E-state index contributed by atoms with van der Waals surface area (Å²) in [5.74, 6) is -1.54. The Kier molecular flexibility index (Phi) is 5.13. The van der Waals surface area contributed by atoms with Crippen molar-refractivity contribution in [3.8, 4) is 0 Å². The summed E-state index contributed by atoms with van der Waals surface area (Å²) in [7, 11) is 2.99. The fraction of sp³-hybridized carbons (Fsp3) is 0.333. The number of anilines is 1. The van der Waals surface area contributed by atoms with Crippen LogP contribution in [-0.4, -0.2) is 42.7 Å². The molecule has 1 N–H and O–H groups in total. The molecular formula is C18H21NO4. The molecule has 0 aromatic heterocycles. The van der Waals surface area contributed by atoms with E-state index in [9.17, 15) is 14.7 Å². The van der Waals surface area contributed by atoms with E-state index in [2.05, 4.69) is 0 Å². The fourth-order valence-corrected chi connectivity index (χ4v) is 2.81. The van der Waals surface area contributed by atoms with Crippen LogP contribution in [-0.2, 0) is 14.3 Å². The number of allylic oxidation sites excluding steroid dienone is 2. The third-order valence-corrected chi connectivity index (χ3v) is 4.22. The summed E-state index contributed by atoms with van der Waals surface area (Å²) in [5.41, 5.74) is -0.667. The van der Waals surface area contributed by atoms with Gasteiger partial charge in [-0.2, -0.15) is 0 Å². The van der Waals surface area contributed by atoms with E-state index in [0.29, 0.717) is 5.69 Å². The van der Waals surface area contributed by atoms with E-state index in [4.69, 9.17) is 4.74 Å². The second-order valence-corrected chi connectivity index (χ2v) is 5.50. The molecule has 0 aliphatic heterocycles. The van der Waals surface area contributed by atoms with E-state index >= 15 is 0 Å². The second-order valence-electron chi connectivity index (χ2n) is 5.50. The van der Waals surface area contributed by atoms with Crippen LogP contribution in [0, 0.1) is 5.92 Å². The van der Waals surface area contributed by atoms with E-state index in [1.165, 1.54) is 18.9 Å². The van der Waals surface area contributed by atoms with Crippen LogP contribution >= 0.6 is 0 Å². The van der Waals surface area contributed by atoms with Gasteiger partial charge in [0, 0.05) is 19.8 Å². The third kappa shape index (κ3) is 3.11. The Balaban J connectivity index is 2.29. The van der Waals surface area contributed by atoms with Crippen molar-refractivity contribution in [3.05, 3.63) is 54.6 Å². The number of Topliss-reactive ketones (excluding diaryl/α,β-unsaturated/α-hetero) is 1. The lowest BCUT2D eigenvalue weighted by molar-refractivity contribution is -0.146. The normalized spacial score (nSPS) is 24.3. The number of aliphatic hydroxyl groups excluding tert-OH is 1. The molecule has 0 heterocycles. The van der Waals surface area contributed by atoms with Gasteiger partial charge in [-0.25, -0.2) is 0 Å². The van der Waals surface area contributed by atoms with Crippen molar-refractivity contribution in [2.75, 3.05) is 19.1 Å². The zero-order valence-corrected chi connectivity index (χ0v) is 13.5. The van der Waals surface area contributed by atoms with Crippen LogP contribution in [0.1, 0.15) is 6.92 Å². The molecule has 0 saturated carbocycles. The molecule has 0 bridgehead atoms. The van der Waals surface area contributed by atoms with Gasteiger partial charge in [0.25, 0.3) is 5.91 Å². The molecule has 1 amide bonds. The van der Waals surface area contributed by atoms with Crippen molar-refractivity contribution >= 4 is 17.4 Å². The maximum atomic E-state index is 12.6. The molecular weight excluding hydrogens is 294 g/mol. The number of nitrogens with zero attached hydrogens (tertiary/aromatic N) is 1. The summed E-state index contributed by atoms with van der Waals surface area (Å²) in [6.07, 6.45) is 5.19. The molecule has 3 atom stereocenters. The maximum Gasteiger partial charge on any atom is 0.256 e. The molecule has 0 spiro atoms. The summed E-state index contributed by atoms with van der Waals surface area (Å²) in [4.78, 5) is 26.1. The summed E-state index contributed by atoms with van der Waals surface area (Å²) in [6.45, 7) is 1.39. The van der Waals surface area contributed by atoms with Crippen molar-refractivity contribution in [1.29, 1.82) is 0 Å². The smallest absolute Gasteiger partial charge is 0.256 e. The number of para-hydroxylation sites is 1. The van der Waals surface area contributed by atoms with Crippen molar-refractivity contribution in [1.82, 2.24) is 0 Å². The van der Waals surface area contributed by atoms with E-state index in [1.807, 2.05) is 18.2 Å². The van der Waals surface area contributed by atoms with Crippen LogP contribution in [0.25, 0.3) is 0 Å². The van der Waals surface area contributed by atoms with Gasteiger partial charge in [-0.3, -0.25) is 9.59 Å². The molecule has 0 fully saturated rings. The maximum absolute atomic E-state index is 12.6. The highest BCUT2D eigenvalue weighted by Crippen LogP contribution is 2.33. The molecule has 1 aromatic carbocycles. The van der Waals surface area contributed by atoms with Gasteiger partial charge in [0.2, 0.25) is 0 Å².